The van der Waals surface area contributed by atoms with Gasteiger partial charge in [0.25, 0.3) is 0 Å². The topological polar surface area (TPSA) is 47.0 Å². The van der Waals surface area contributed by atoms with Crippen molar-refractivity contribution < 1.29 is 4.74 Å². The summed E-state index contributed by atoms with van der Waals surface area (Å²) >= 11 is 1.74. The molecule has 0 aromatic carbocycles. The molecule has 2 aromatic heterocycles. The Bertz CT molecular complexity index is 609. The van der Waals surface area contributed by atoms with E-state index in [2.05, 4.69) is 31.3 Å². The average Bonchev–Trinajstić information content (AvgIpc) is 2.91. The number of fused-ring (bicyclic) bond motifs is 1. The normalized spacial score (nSPS) is 14.1. The van der Waals surface area contributed by atoms with Crippen LogP contribution < -0.4 is 5.32 Å². The molecule has 20 heavy (non-hydrogen) atoms. The molecule has 0 atom stereocenters. The zero-order valence-corrected chi connectivity index (χ0v) is 12.7. The van der Waals surface area contributed by atoms with E-state index in [1.807, 2.05) is 0 Å². The third-order valence-corrected chi connectivity index (χ3v) is 4.32. The number of anilines is 1. The van der Waals surface area contributed by atoms with Crippen molar-refractivity contribution in [3.63, 3.8) is 0 Å². The van der Waals surface area contributed by atoms with Gasteiger partial charge in [0.15, 0.2) is 5.82 Å². The standard InChI is InChI=1S/C15H19N3OS/c1-3-7-16-14-11-9-19-8-6-12(11)17-15(18-14)13-5-4-10(2)20-13/h4-5H,3,6-9H2,1-2H3,(H,16,17,18). The van der Waals surface area contributed by atoms with Crippen LogP contribution in [0.2, 0.25) is 0 Å². The van der Waals surface area contributed by atoms with Crippen molar-refractivity contribution in [2.75, 3.05) is 18.5 Å². The van der Waals surface area contributed by atoms with E-state index in [1.165, 1.54) is 4.88 Å². The minimum absolute atomic E-state index is 0.616. The molecule has 0 bridgehead atoms. The van der Waals surface area contributed by atoms with Crippen LogP contribution in [-0.2, 0) is 17.8 Å². The molecule has 0 fully saturated rings. The molecule has 0 spiro atoms. The molecule has 4 nitrogen and oxygen atoms in total. The van der Waals surface area contributed by atoms with Crippen LogP contribution in [0.4, 0.5) is 5.82 Å². The van der Waals surface area contributed by atoms with Gasteiger partial charge in [-0.3, -0.25) is 0 Å². The minimum Gasteiger partial charge on any atom is -0.376 e. The maximum absolute atomic E-state index is 5.55. The van der Waals surface area contributed by atoms with Crippen LogP contribution in [0.5, 0.6) is 0 Å². The van der Waals surface area contributed by atoms with Crippen LogP contribution in [0.3, 0.4) is 0 Å². The Morgan fingerprint density at radius 3 is 3.00 bits per heavy atom. The van der Waals surface area contributed by atoms with Gasteiger partial charge in [0.2, 0.25) is 0 Å². The molecular weight excluding hydrogens is 270 g/mol. The second-order valence-electron chi connectivity index (χ2n) is 4.96. The number of nitrogens with zero attached hydrogens (tertiary/aromatic N) is 2. The van der Waals surface area contributed by atoms with Gasteiger partial charge in [-0.05, 0) is 25.5 Å². The first kappa shape index (κ1) is 13.5. The van der Waals surface area contributed by atoms with Gasteiger partial charge in [-0.15, -0.1) is 11.3 Å². The monoisotopic (exact) mass is 289 g/mol. The van der Waals surface area contributed by atoms with E-state index < -0.39 is 0 Å². The molecule has 3 heterocycles. The van der Waals surface area contributed by atoms with Gasteiger partial charge in [-0.25, -0.2) is 9.97 Å². The number of rotatable bonds is 4. The van der Waals surface area contributed by atoms with Crippen molar-refractivity contribution in [3.05, 3.63) is 28.3 Å². The molecule has 0 unspecified atom stereocenters. The smallest absolute Gasteiger partial charge is 0.171 e. The molecule has 0 saturated carbocycles. The lowest BCUT2D eigenvalue weighted by molar-refractivity contribution is 0.109. The van der Waals surface area contributed by atoms with E-state index in [9.17, 15) is 0 Å². The zero-order chi connectivity index (χ0) is 13.9. The maximum Gasteiger partial charge on any atom is 0.171 e. The van der Waals surface area contributed by atoms with E-state index in [0.29, 0.717) is 6.61 Å². The quantitative estimate of drug-likeness (QED) is 0.937. The highest BCUT2D eigenvalue weighted by atomic mass is 32.1. The van der Waals surface area contributed by atoms with E-state index in [4.69, 9.17) is 14.7 Å². The van der Waals surface area contributed by atoms with Crippen LogP contribution >= 0.6 is 11.3 Å². The van der Waals surface area contributed by atoms with Crippen molar-refractivity contribution in [2.45, 2.75) is 33.3 Å². The Morgan fingerprint density at radius 1 is 1.35 bits per heavy atom. The largest absolute Gasteiger partial charge is 0.376 e. The summed E-state index contributed by atoms with van der Waals surface area (Å²) in [6.45, 7) is 6.55. The Labute approximate surface area is 123 Å². The fourth-order valence-corrected chi connectivity index (χ4v) is 3.09. The van der Waals surface area contributed by atoms with Gasteiger partial charge < -0.3 is 10.1 Å². The minimum atomic E-state index is 0.616. The predicted molar refractivity (Wildman–Crippen MR) is 82.2 cm³/mol. The third-order valence-electron chi connectivity index (χ3n) is 3.33. The fourth-order valence-electron chi connectivity index (χ4n) is 2.29. The van der Waals surface area contributed by atoms with E-state index in [0.717, 1.165) is 53.8 Å². The van der Waals surface area contributed by atoms with Gasteiger partial charge in [0.1, 0.15) is 5.82 Å². The molecule has 5 heteroatoms. The number of hydrogen-bond donors (Lipinski definition) is 1. The maximum atomic E-state index is 5.55. The van der Waals surface area contributed by atoms with Crippen molar-refractivity contribution in [2.24, 2.45) is 0 Å². The highest BCUT2D eigenvalue weighted by Crippen LogP contribution is 2.29. The number of nitrogens with one attached hydrogen (secondary N) is 1. The van der Waals surface area contributed by atoms with Gasteiger partial charge in [0.05, 0.1) is 23.8 Å². The summed E-state index contributed by atoms with van der Waals surface area (Å²) in [6, 6.07) is 4.22. The summed E-state index contributed by atoms with van der Waals surface area (Å²) in [4.78, 5) is 11.9. The summed E-state index contributed by atoms with van der Waals surface area (Å²) < 4.78 is 5.55. The van der Waals surface area contributed by atoms with Crippen molar-refractivity contribution in [1.82, 2.24) is 9.97 Å². The molecule has 2 aromatic rings. The lowest BCUT2D eigenvalue weighted by Crippen LogP contribution is -2.17. The summed E-state index contributed by atoms with van der Waals surface area (Å²) in [7, 11) is 0. The second kappa shape index (κ2) is 5.89. The van der Waals surface area contributed by atoms with Gasteiger partial charge >= 0.3 is 0 Å². The first-order valence-electron chi connectivity index (χ1n) is 7.06. The molecule has 0 radical (unpaired) electrons. The molecule has 0 aliphatic carbocycles. The molecule has 1 aliphatic rings. The first-order valence-corrected chi connectivity index (χ1v) is 7.87. The Hall–Kier alpha value is -1.46. The summed E-state index contributed by atoms with van der Waals surface area (Å²) in [6.07, 6.45) is 1.95. The molecular formula is C15H19N3OS. The average molecular weight is 289 g/mol. The Kier molecular flexibility index (Phi) is 3.98. The number of hydrogen-bond acceptors (Lipinski definition) is 5. The molecule has 1 aliphatic heterocycles. The lowest BCUT2D eigenvalue weighted by Gasteiger charge is -2.19. The highest BCUT2D eigenvalue weighted by Gasteiger charge is 2.19. The van der Waals surface area contributed by atoms with Gasteiger partial charge in [-0.1, -0.05) is 6.92 Å². The van der Waals surface area contributed by atoms with Crippen LogP contribution in [0.15, 0.2) is 12.1 Å². The SMILES string of the molecule is CCCNc1nc(-c2ccc(C)s2)nc2c1COCC2. The number of ether oxygens (including phenoxy) is 1. The fraction of sp³-hybridized carbons (Fsp3) is 0.467. The number of aromatic nitrogens is 2. The van der Waals surface area contributed by atoms with Gasteiger partial charge in [0, 0.05) is 23.4 Å². The van der Waals surface area contributed by atoms with Crippen molar-refractivity contribution in [3.8, 4) is 10.7 Å². The second-order valence-corrected chi connectivity index (χ2v) is 6.25. The molecule has 0 amide bonds. The zero-order valence-electron chi connectivity index (χ0n) is 11.9. The molecule has 0 saturated heterocycles. The Balaban J connectivity index is 2.03. The van der Waals surface area contributed by atoms with E-state index in [-0.39, 0.29) is 0 Å². The van der Waals surface area contributed by atoms with E-state index >= 15 is 0 Å². The first-order chi connectivity index (χ1) is 9.78. The van der Waals surface area contributed by atoms with Crippen LogP contribution in [0.1, 0.15) is 29.5 Å². The van der Waals surface area contributed by atoms with Crippen molar-refractivity contribution >= 4 is 17.2 Å². The van der Waals surface area contributed by atoms with Gasteiger partial charge in [-0.2, -0.15) is 0 Å². The Morgan fingerprint density at radius 2 is 2.25 bits per heavy atom. The van der Waals surface area contributed by atoms with Crippen molar-refractivity contribution in [1.29, 1.82) is 0 Å². The van der Waals surface area contributed by atoms with Crippen LogP contribution in [-0.4, -0.2) is 23.1 Å². The highest BCUT2D eigenvalue weighted by molar-refractivity contribution is 7.15. The third kappa shape index (κ3) is 2.69. The molecule has 3 rings (SSSR count). The lowest BCUT2D eigenvalue weighted by atomic mass is 10.1. The van der Waals surface area contributed by atoms with Crippen LogP contribution in [0.25, 0.3) is 10.7 Å². The predicted octanol–water partition coefficient (Wildman–Crippen LogP) is 3.41. The van der Waals surface area contributed by atoms with E-state index in [1.54, 1.807) is 11.3 Å². The summed E-state index contributed by atoms with van der Waals surface area (Å²) in [5.41, 5.74) is 2.26. The number of thiophene rings is 1. The molecule has 106 valence electrons. The van der Waals surface area contributed by atoms with Crippen LogP contribution in [0, 0.1) is 6.92 Å². The summed E-state index contributed by atoms with van der Waals surface area (Å²) in [5, 5.41) is 3.41. The summed E-state index contributed by atoms with van der Waals surface area (Å²) in [5.74, 6) is 1.78. The number of aryl methyl sites for hydroxylation is 1. The molecule has 1 N–H and O–H groups in total.